The normalized spacial score (nSPS) is 17.9. The van der Waals surface area contributed by atoms with Gasteiger partial charge >= 0.3 is 5.97 Å². The molecule has 0 unspecified atom stereocenters. The number of amides is 1. The van der Waals surface area contributed by atoms with Crippen molar-refractivity contribution < 1.29 is 14.7 Å². The van der Waals surface area contributed by atoms with Crippen molar-refractivity contribution in [2.24, 2.45) is 5.41 Å². The second-order valence-electron chi connectivity index (χ2n) is 5.12. The van der Waals surface area contributed by atoms with Crippen LogP contribution in [0.3, 0.4) is 0 Å². The van der Waals surface area contributed by atoms with Crippen molar-refractivity contribution in [3.63, 3.8) is 0 Å². The summed E-state index contributed by atoms with van der Waals surface area (Å²) in [7, 11) is 0. The molecule has 1 saturated heterocycles. The summed E-state index contributed by atoms with van der Waals surface area (Å²) in [6.07, 6.45) is 0.818. The third kappa shape index (κ3) is 2.88. The van der Waals surface area contributed by atoms with E-state index in [2.05, 4.69) is 4.98 Å². The van der Waals surface area contributed by atoms with Gasteiger partial charge in [-0.1, -0.05) is 23.2 Å². The van der Waals surface area contributed by atoms with Crippen LogP contribution in [0.2, 0.25) is 10.2 Å². The number of aliphatic carboxylic acids is 1. The van der Waals surface area contributed by atoms with Gasteiger partial charge in [0, 0.05) is 13.1 Å². The van der Waals surface area contributed by atoms with Crippen LogP contribution >= 0.6 is 23.2 Å². The fourth-order valence-corrected chi connectivity index (χ4v) is 2.47. The molecule has 0 bridgehead atoms. The number of carbonyl (C=O) groups is 2. The molecule has 0 saturated carbocycles. The van der Waals surface area contributed by atoms with E-state index in [0.29, 0.717) is 25.9 Å². The first-order chi connectivity index (χ1) is 9.33. The SMILES string of the molecule is CC1(C(=O)O)CCN(C(=O)c2nc(Cl)ccc2Cl)CC1. The fraction of sp³-hybridized carbons (Fsp3) is 0.462. The molecule has 0 atom stereocenters. The van der Waals surface area contributed by atoms with Gasteiger partial charge < -0.3 is 10.0 Å². The average Bonchev–Trinajstić information content (AvgIpc) is 2.41. The summed E-state index contributed by atoms with van der Waals surface area (Å²) in [5.41, 5.74) is -0.666. The van der Waals surface area contributed by atoms with E-state index in [-0.39, 0.29) is 21.8 Å². The number of hydrogen-bond acceptors (Lipinski definition) is 3. The molecule has 20 heavy (non-hydrogen) atoms. The fourth-order valence-electron chi connectivity index (χ4n) is 2.14. The van der Waals surface area contributed by atoms with E-state index in [1.807, 2.05) is 0 Å². The van der Waals surface area contributed by atoms with Gasteiger partial charge in [-0.05, 0) is 31.9 Å². The summed E-state index contributed by atoms with van der Waals surface area (Å²) in [4.78, 5) is 29.0. The molecule has 0 radical (unpaired) electrons. The van der Waals surface area contributed by atoms with E-state index < -0.39 is 11.4 Å². The summed E-state index contributed by atoms with van der Waals surface area (Å²) in [6.45, 7) is 2.43. The van der Waals surface area contributed by atoms with Crippen LogP contribution in [0.15, 0.2) is 12.1 Å². The number of halogens is 2. The molecular weight excluding hydrogens is 303 g/mol. The van der Waals surface area contributed by atoms with Gasteiger partial charge in [-0.2, -0.15) is 0 Å². The molecular formula is C13H14Cl2N2O3. The number of aromatic nitrogens is 1. The molecule has 2 heterocycles. The number of nitrogens with zero attached hydrogens (tertiary/aromatic N) is 2. The Morgan fingerprint density at radius 1 is 1.30 bits per heavy atom. The number of hydrogen-bond donors (Lipinski definition) is 1. The Labute approximate surface area is 126 Å². The van der Waals surface area contributed by atoms with E-state index in [1.54, 1.807) is 11.8 Å². The number of pyridine rings is 1. The van der Waals surface area contributed by atoms with Crippen LogP contribution in [0.1, 0.15) is 30.3 Å². The van der Waals surface area contributed by atoms with Crippen LogP contribution in [0.25, 0.3) is 0 Å². The molecule has 5 nitrogen and oxygen atoms in total. The highest BCUT2D eigenvalue weighted by Gasteiger charge is 2.38. The highest BCUT2D eigenvalue weighted by molar-refractivity contribution is 6.34. The molecule has 1 aliphatic heterocycles. The van der Waals surface area contributed by atoms with E-state index in [4.69, 9.17) is 28.3 Å². The number of rotatable bonds is 2. The molecule has 0 aromatic carbocycles. The van der Waals surface area contributed by atoms with Crippen molar-refractivity contribution in [1.82, 2.24) is 9.88 Å². The third-order valence-electron chi connectivity index (χ3n) is 3.69. The van der Waals surface area contributed by atoms with Gasteiger partial charge in [0.2, 0.25) is 0 Å². The molecule has 1 aromatic rings. The van der Waals surface area contributed by atoms with Crippen LogP contribution in [0.5, 0.6) is 0 Å². The van der Waals surface area contributed by atoms with Crippen molar-refractivity contribution in [2.75, 3.05) is 13.1 Å². The van der Waals surface area contributed by atoms with Crippen molar-refractivity contribution in [3.8, 4) is 0 Å². The first-order valence-electron chi connectivity index (χ1n) is 6.18. The number of carbonyl (C=O) groups excluding carboxylic acids is 1. The topological polar surface area (TPSA) is 70.5 Å². The largest absolute Gasteiger partial charge is 0.481 e. The summed E-state index contributed by atoms with van der Waals surface area (Å²) in [5.74, 6) is -1.14. The van der Waals surface area contributed by atoms with E-state index in [1.165, 1.54) is 12.1 Å². The van der Waals surface area contributed by atoms with Crippen LogP contribution in [0, 0.1) is 5.41 Å². The maximum absolute atomic E-state index is 12.3. The van der Waals surface area contributed by atoms with Crippen LogP contribution in [0.4, 0.5) is 0 Å². The zero-order valence-electron chi connectivity index (χ0n) is 10.9. The van der Waals surface area contributed by atoms with Gasteiger partial charge in [-0.3, -0.25) is 9.59 Å². The Balaban J connectivity index is 2.13. The molecule has 108 valence electrons. The van der Waals surface area contributed by atoms with E-state index in [0.717, 1.165) is 0 Å². The van der Waals surface area contributed by atoms with Crippen molar-refractivity contribution in [2.45, 2.75) is 19.8 Å². The standard InChI is InChI=1S/C13H14Cl2N2O3/c1-13(12(19)20)4-6-17(7-5-13)11(18)10-8(14)2-3-9(15)16-10/h2-3H,4-7H2,1H3,(H,19,20). The predicted molar refractivity (Wildman–Crippen MR) is 75.1 cm³/mol. The van der Waals surface area contributed by atoms with Crippen molar-refractivity contribution in [3.05, 3.63) is 28.0 Å². The van der Waals surface area contributed by atoms with Gasteiger partial charge in [0.25, 0.3) is 5.91 Å². The van der Waals surface area contributed by atoms with Gasteiger partial charge in [0.1, 0.15) is 10.8 Å². The molecule has 0 spiro atoms. The minimum atomic E-state index is -0.830. The monoisotopic (exact) mass is 316 g/mol. The Bertz CT molecular complexity index is 555. The summed E-state index contributed by atoms with van der Waals surface area (Å²) in [6, 6.07) is 3.04. The van der Waals surface area contributed by atoms with Crippen molar-refractivity contribution >= 4 is 35.1 Å². The van der Waals surface area contributed by atoms with E-state index in [9.17, 15) is 9.59 Å². The highest BCUT2D eigenvalue weighted by atomic mass is 35.5. The number of carboxylic acid groups (broad SMARTS) is 1. The molecule has 2 rings (SSSR count). The molecule has 7 heteroatoms. The van der Waals surface area contributed by atoms with Gasteiger partial charge in [0.05, 0.1) is 10.4 Å². The number of carboxylic acids is 1. The lowest BCUT2D eigenvalue weighted by molar-refractivity contribution is -0.150. The Morgan fingerprint density at radius 3 is 2.45 bits per heavy atom. The van der Waals surface area contributed by atoms with Crippen LogP contribution in [-0.4, -0.2) is 40.0 Å². The summed E-state index contributed by atoms with van der Waals surface area (Å²) in [5, 5.41) is 9.61. The zero-order valence-corrected chi connectivity index (χ0v) is 12.4. The molecule has 1 amide bonds. The van der Waals surface area contributed by atoms with Gasteiger partial charge in [0.15, 0.2) is 0 Å². The predicted octanol–water partition coefficient (Wildman–Crippen LogP) is 2.72. The van der Waals surface area contributed by atoms with Crippen LogP contribution < -0.4 is 0 Å². The van der Waals surface area contributed by atoms with Crippen LogP contribution in [-0.2, 0) is 4.79 Å². The minimum Gasteiger partial charge on any atom is -0.481 e. The molecule has 1 N–H and O–H groups in total. The van der Waals surface area contributed by atoms with Crippen molar-refractivity contribution in [1.29, 1.82) is 0 Å². The maximum Gasteiger partial charge on any atom is 0.309 e. The number of likely N-dealkylation sites (tertiary alicyclic amines) is 1. The smallest absolute Gasteiger partial charge is 0.309 e. The quantitative estimate of drug-likeness (QED) is 0.852. The molecule has 1 aromatic heterocycles. The molecule has 1 fully saturated rings. The summed E-state index contributed by atoms with van der Waals surface area (Å²) < 4.78 is 0. The first kappa shape index (κ1) is 15.1. The minimum absolute atomic E-state index is 0.109. The highest BCUT2D eigenvalue weighted by Crippen LogP contribution is 2.32. The Morgan fingerprint density at radius 2 is 1.90 bits per heavy atom. The zero-order chi connectivity index (χ0) is 14.9. The average molecular weight is 317 g/mol. The maximum atomic E-state index is 12.3. The lowest BCUT2D eigenvalue weighted by atomic mass is 9.80. The van der Waals surface area contributed by atoms with Gasteiger partial charge in [-0.25, -0.2) is 4.98 Å². The lowest BCUT2D eigenvalue weighted by Gasteiger charge is -2.36. The Hall–Kier alpha value is -1.33. The molecule has 0 aliphatic carbocycles. The van der Waals surface area contributed by atoms with E-state index >= 15 is 0 Å². The second kappa shape index (κ2) is 5.58. The number of piperidine rings is 1. The Kier molecular flexibility index (Phi) is 4.20. The lowest BCUT2D eigenvalue weighted by Crippen LogP contribution is -2.45. The molecule has 1 aliphatic rings. The summed E-state index contributed by atoms with van der Waals surface area (Å²) >= 11 is 11.7. The third-order valence-corrected chi connectivity index (χ3v) is 4.20. The van der Waals surface area contributed by atoms with Gasteiger partial charge in [-0.15, -0.1) is 0 Å². The first-order valence-corrected chi connectivity index (χ1v) is 6.94. The second-order valence-corrected chi connectivity index (χ2v) is 5.92.